The normalized spacial score (nSPS) is 30.4. The number of carbonyl (C=O) groups excluding carboxylic acids is 12. The van der Waals surface area contributed by atoms with Crippen LogP contribution in [-0.4, -0.2) is 263 Å². The van der Waals surface area contributed by atoms with Crippen molar-refractivity contribution in [3.05, 3.63) is 0 Å². The summed E-state index contributed by atoms with van der Waals surface area (Å²) < 4.78 is 42.0. The Morgan fingerprint density at radius 3 is 1.77 bits per heavy atom. The Bertz CT molecular complexity index is 2870. The van der Waals surface area contributed by atoms with Crippen LogP contribution in [0, 0.1) is 35.5 Å². The first-order valence-corrected chi connectivity index (χ1v) is 37.5. The molecule has 566 valence electrons. The van der Waals surface area contributed by atoms with Gasteiger partial charge in [0.05, 0.1) is 32.0 Å². The highest BCUT2D eigenvalue weighted by molar-refractivity contribution is 6.21. The van der Waals surface area contributed by atoms with Crippen molar-refractivity contribution in [1.29, 1.82) is 0 Å². The molecule has 0 aromatic carbocycles. The minimum Gasteiger partial charge on any atom is -0.343 e. The van der Waals surface area contributed by atoms with Crippen molar-refractivity contribution < 1.29 is 70.7 Å². The summed E-state index contributed by atoms with van der Waals surface area (Å²) in [5.74, 6) is -10.8. The second kappa shape index (κ2) is 37.2. The maximum absolute atomic E-state index is 15.7. The van der Waals surface area contributed by atoms with Crippen molar-refractivity contribution in [2.45, 2.75) is 261 Å². The van der Waals surface area contributed by atoms with Crippen LogP contribution in [0.5, 0.6) is 0 Å². The highest BCUT2D eigenvalue weighted by atomic mass is 35.5. The number of likely N-dealkylation sites (N-methyl/N-ethyl adjacent to an activating group) is 7. The lowest BCUT2D eigenvalue weighted by atomic mass is 9.78. The Morgan fingerprint density at radius 1 is 0.590 bits per heavy atom. The number of alkyl halides is 4. The third kappa shape index (κ3) is 21.4. The van der Waals surface area contributed by atoms with Crippen LogP contribution in [0.25, 0.3) is 0 Å². The van der Waals surface area contributed by atoms with E-state index in [-0.39, 0.29) is 82.1 Å². The molecule has 3 saturated carbocycles. The Kier molecular flexibility index (Phi) is 30.8. The van der Waals surface area contributed by atoms with Crippen LogP contribution in [0.3, 0.4) is 0 Å². The van der Waals surface area contributed by atoms with E-state index < -0.39 is 174 Å². The van der Waals surface area contributed by atoms with Crippen molar-refractivity contribution in [1.82, 2.24) is 60.0 Å². The van der Waals surface area contributed by atoms with Gasteiger partial charge in [-0.3, -0.25) is 57.5 Å². The van der Waals surface area contributed by atoms with E-state index in [0.29, 0.717) is 51.6 Å². The summed E-state index contributed by atoms with van der Waals surface area (Å²) in [5, 5.41) is 7.47. The number of halogens is 4. The van der Waals surface area contributed by atoms with E-state index in [1.807, 2.05) is 20.8 Å². The molecular formula is C72H118ClF3N12O12. The molecule has 12 amide bonds. The van der Waals surface area contributed by atoms with Crippen LogP contribution < -0.4 is 16.0 Å². The molecule has 6 fully saturated rings. The molecule has 12 atom stereocenters. The number of amides is 12. The fourth-order valence-corrected chi connectivity index (χ4v) is 16.4. The number of hydrogen-bond acceptors (Lipinski definition) is 12. The molecule has 0 spiro atoms. The molecule has 3 unspecified atom stereocenters. The standard InChI is InChI=1S/C72H118ClF3N12O12/c1-14-46(5)61-68(98)82(9)43-59(91)80(7)44-60(92)84(11)55(40-47-26-19-16-20-27-47)66(96)81(8)42-57(89)77-52(34-32-48-31-33-50(51(73)39-48)72(74,75)76)65(95)88-37-25-30-53(88)64(94)79-71(6,15-2)70(100)86(13)62(49-28-21-17-22-29-49)69(99)85(12)56(67(97)87-35-23-18-24-36-87)41-58(90)83(10)54(38-45(3)4)63(93)78-61/h45-56,61-62H,14-44H2,1-13H3,(H,77,89)(H,78,93)(H,79,94)/t46-,48?,50?,51?,52-,53-,54-,55-,56-,61-,62-,71-/m0/s1. The largest absolute Gasteiger partial charge is 0.393 e. The monoisotopic (exact) mass is 1430 g/mol. The Morgan fingerprint density at radius 2 is 1.18 bits per heavy atom. The Hall–Kier alpha value is -6.28. The van der Waals surface area contributed by atoms with Gasteiger partial charge in [0.15, 0.2) is 0 Å². The van der Waals surface area contributed by atoms with Gasteiger partial charge in [0.25, 0.3) is 0 Å². The zero-order valence-corrected chi connectivity index (χ0v) is 62.7. The van der Waals surface area contributed by atoms with Gasteiger partial charge in [0.2, 0.25) is 70.9 Å². The molecule has 3 saturated heterocycles. The molecule has 100 heavy (non-hydrogen) atoms. The topological polar surface area (TPSA) is 270 Å². The van der Waals surface area contributed by atoms with Crippen LogP contribution in [-0.2, 0) is 57.5 Å². The Labute approximate surface area is 596 Å². The molecule has 6 rings (SSSR count). The molecular weight excluding hydrogens is 1320 g/mol. The highest BCUT2D eigenvalue weighted by Crippen LogP contribution is 2.44. The zero-order valence-electron chi connectivity index (χ0n) is 61.9. The van der Waals surface area contributed by atoms with Gasteiger partial charge in [-0.05, 0) is 133 Å². The van der Waals surface area contributed by atoms with Gasteiger partial charge < -0.3 is 60.0 Å². The maximum Gasteiger partial charge on any atom is 0.393 e. The molecule has 3 aliphatic heterocycles. The highest BCUT2D eigenvalue weighted by Gasteiger charge is 2.50. The maximum atomic E-state index is 15.7. The number of nitrogens with one attached hydrogen (secondary N) is 3. The first-order valence-electron chi connectivity index (χ1n) is 37.1. The lowest BCUT2D eigenvalue weighted by Gasteiger charge is -2.43. The van der Waals surface area contributed by atoms with Gasteiger partial charge >= 0.3 is 6.18 Å². The quantitative estimate of drug-likeness (QED) is 0.181. The number of hydrogen-bond donors (Lipinski definition) is 3. The molecule has 0 bridgehead atoms. The average Bonchev–Trinajstić information content (AvgIpc) is 1.03. The van der Waals surface area contributed by atoms with E-state index in [9.17, 15) is 41.9 Å². The van der Waals surface area contributed by atoms with Gasteiger partial charge in [-0.2, -0.15) is 13.2 Å². The lowest BCUT2D eigenvalue weighted by Crippen LogP contribution is -2.65. The van der Waals surface area contributed by atoms with Crippen LogP contribution in [0.4, 0.5) is 13.2 Å². The van der Waals surface area contributed by atoms with E-state index in [1.165, 1.54) is 80.8 Å². The van der Waals surface area contributed by atoms with Crippen LogP contribution in [0.1, 0.15) is 202 Å². The average molecular weight is 1440 g/mol. The second-order valence-corrected chi connectivity index (χ2v) is 31.2. The van der Waals surface area contributed by atoms with E-state index in [2.05, 4.69) is 16.0 Å². The minimum absolute atomic E-state index is 0.00332. The molecule has 6 aliphatic rings. The van der Waals surface area contributed by atoms with Crippen LogP contribution in [0.2, 0.25) is 0 Å². The number of nitrogens with zero attached hydrogens (tertiary/aromatic N) is 9. The number of fused-ring (bicyclic) bond motifs is 1. The molecule has 3 heterocycles. The van der Waals surface area contributed by atoms with Crippen molar-refractivity contribution in [2.75, 3.05) is 88.6 Å². The summed E-state index contributed by atoms with van der Waals surface area (Å²) in [6.07, 6.45) is 6.33. The number of rotatable bonds is 12. The van der Waals surface area contributed by atoms with Crippen molar-refractivity contribution >= 4 is 82.5 Å². The fourth-order valence-electron chi connectivity index (χ4n) is 15.8. The van der Waals surface area contributed by atoms with Gasteiger partial charge in [-0.25, -0.2) is 0 Å². The van der Waals surface area contributed by atoms with Gasteiger partial charge in [0, 0.05) is 74.3 Å². The third-order valence-corrected chi connectivity index (χ3v) is 23.3. The molecule has 3 N–H and O–H groups in total. The number of piperidine rings is 1. The van der Waals surface area contributed by atoms with E-state index in [4.69, 9.17) is 11.6 Å². The fraction of sp³-hybridized carbons (Fsp3) is 0.833. The van der Waals surface area contributed by atoms with E-state index in [1.54, 1.807) is 18.7 Å². The molecule has 0 aromatic rings. The van der Waals surface area contributed by atoms with E-state index in [0.717, 1.165) is 72.5 Å². The molecule has 3 aliphatic carbocycles. The zero-order chi connectivity index (χ0) is 74.2. The van der Waals surface area contributed by atoms with Crippen molar-refractivity contribution in [2.24, 2.45) is 35.5 Å². The van der Waals surface area contributed by atoms with Crippen LogP contribution >= 0.6 is 11.6 Å². The number of carbonyl (C=O) groups is 12. The Balaban J connectivity index is 1.42. The van der Waals surface area contributed by atoms with Crippen molar-refractivity contribution in [3.8, 4) is 0 Å². The molecule has 0 radical (unpaired) electrons. The van der Waals surface area contributed by atoms with Gasteiger partial charge in [0.1, 0.15) is 47.8 Å². The third-order valence-electron chi connectivity index (χ3n) is 22.8. The van der Waals surface area contributed by atoms with Gasteiger partial charge in [-0.1, -0.05) is 92.4 Å². The number of likely N-dealkylation sites (tertiary alicyclic amines) is 1. The summed E-state index contributed by atoms with van der Waals surface area (Å²) in [6.45, 7) is 9.76. The first-order chi connectivity index (χ1) is 47.0. The predicted molar refractivity (Wildman–Crippen MR) is 372 cm³/mol. The minimum atomic E-state index is -4.51. The lowest BCUT2D eigenvalue weighted by molar-refractivity contribution is -0.182. The first kappa shape index (κ1) is 82.7. The molecule has 24 nitrogen and oxygen atoms in total. The summed E-state index contributed by atoms with van der Waals surface area (Å²) in [7, 11) is 10.0. The SMILES string of the molecule is CC[C@H](C)[C@@H]1NC(=O)[C@H](CC(C)C)N(C)C(=O)C[C@@H](C(=O)N2CCCCC2)N(C)C(=O)[C@H](C2CCCCC2)N(C)C(=O)[C@](C)(CC)NC(=O)[C@@H]2CCCN2C(=O)[C@H](CCC2CCC(C(F)(F)F)C(Cl)C2)NC(=O)CN(C)C(=O)[C@H](CC2CCCCC2)N(C)C(=O)CN(C)C(=O)CN(C)C1=O. The van der Waals surface area contributed by atoms with Gasteiger partial charge in [-0.15, -0.1) is 11.6 Å². The van der Waals surface area contributed by atoms with Crippen LogP contribution in [0.15, 0.2) is 0 Å². The summed E-state index contributed by atoms with van der Waals surface area (Å²) in [6, 6.07) is -8.61. The molecule has 28 heteroatoms. The predicted octanol–water partition coefficient (Wildman–Crippen LogP) is 6.34. The summed E-state index contributed by atoms with van der Waals surface area (Å²) in [4.78, 5) is 190. The summed E-state index contributed by atoms with van der Waals surface area (Å²) >= 11 is 6.40. The molecule has 0 aromatic heterocycles. The second-order valence-electron chi connectivity index (χ2n) is 30.6. The van der Waals surface area contributed by atoms with E-state index >= 15 is 28.8 Å². The van der Waals surface area contributed by atoms with Crippen molar-refractivity contribution in [3.63, 3.8) is 0 Å². The summed E-state index contributed by atoms with van der Waals surface area (Å²) in [5.41, 5.74) is -1.70. The smallest absolute Gasteiger partial charge is 0.343 e.